The van der Waals surface area contributed by atoms with Crippen LogP contribution >= 0.6 is 0 Å². The molecule has 4 radical (unpaired) electrons. The Kier molecular flexibility index (Phi) is 14.2. The molecule has 0 fully saturated rings. The number of phenolic OH excluding ortho intramolecular Hbond substituents is 3. The first kappa shape index (κ1) is 30.3. The maximum Gasteiger partial charge on any atom is 0.238 e. The Morgan fingerprint density at radius 2 is 1.52 bits per heavy atom. The fraction of sp³-hybridized carbons (Fsp3) is 0.0625. The van der Waals surface area contributed by atoms with E-state index in [9.17, 15) is 25.2 Å². The van der Waals surface area contributed by atoms with Crippen LogP contribution in [0.15, 0.2) is 39.5 Å². The van der Waals surface area contributed by atoms with Crippen molar-refractivity contribution >= 4 is 11.0 Å². The van der Waals surface area contributed by atoms with Crippen molar-refractivity contribution in [3.63, 3.8) is 0 Å². The van der Waals surface area contributed by atoms with Gasteiger partial charge in [0.25, 0.3) is 0 Å². The summed E-state index contributed by atoms with van der Waals surface area (Å²) in [6.07, 6.45) is 0. The molecule has 0 aliphatic rings. The van der Waals surface area contributed by atoms with Gasteiger partial charge in [0.05, 0.1) is 7.11 Å². The fourth-order valence-corrected chi connectivity index (χ4v) is 2.28. The van der Waals surface area contributed by atoms with Gasteiger partial charge < -0.3 is 29.6 Å². The van der Waals surface area contributed by atoms with E-state index in [0.717, 1.165) is 6.07 Å². The Bertz CT molecular complexity index is 989. The van der Waals surface area contributed by atoms with E-state index in [4.69, 9.17) is 9.15 Å². The molecule has 7 nitrogen and oxygen atoms in total. The largest absolute Gasteiger partial charge is 0.508 e. The SMILES string of the molecule is COc1cc(O)cc2oc(-c3ccc(O)c(O)c3)c(O)c(=O)c12.[Y].[Y].[Y].[Y]. The molecule has 1 heterocycles. The smallest absolute Gasteiger partial charge is 0.238 e. The number of aromatic hydroxyl groups is 4. The standard InChI is InChI=1S/C16H12O7.4Y/c1-22-11-5-8(17)6-12-13(11)14(20)15(21)16(23-12)7-2-3-9(18)10(19)4-7;;;;/h2-6,17-19,21H,1H3;;;;. The first-order valence-electron chi connectivity index (χ1n) is 6.51. The Balaban J connectivity index is 0. The maximum absolute atomic E-state index is 12.4. The molecule has 2 aromatic carbocycles. The van der Waals surface area contributed by atoms with E-state index in [2.05, 4.69) is 0 Å². The molecule has 0 bridgehead atoms. The molecule has 1 aromatic heterocycles. The first-order chi connectivity index (χ1) is 10.9. The predicted octanol–water partition coefficient (Wildman–Crippen LogP) is 2.28. The third-order valence-electron chi connectivity index (χ3n) is 3.38. The van der Waals surface area contributed by atoms with Gasteiger partial charge in [-0.15, -0.1) is 0 Å². The molecule has 3 rings (SSSR count). The summed E-state index contributed by atoms with van der Waals surface area (Å²) in [6, 6.07) is 6.13. The number of rotatable bonds is 2. The Morgan fingerprint density at radius 1 is 0.889 bits per heavy atom. The Labute approximate surface area is 254 Å². The van der Waals surface area contributed by atoms with Gasteiger partial charge in [-0.3, -0.25) is 4.79 Å². The Hall–Kier alpha value is 1.07. The maximum atomic E-state index is 12.4. The van der Waals surface area contributed by atoms with Crippen molar-refractivity contribution in [2.45, 2.75) is 0 Å². The van der Waals surface area contributed by atoms with E-state index in [1.54, 1.807) is 0 Å². The number of ether oxygens (including phenoxy) is 1. The van der Waals surface area contributed by atoms with E-state index < -0.39 is 16.9 Å². The van der Waals surface area contributed by atoms with Crippen molar-refractivity contribution in [1.82, 2.24) is 0 Å². The van der Waals surface area contributed by atoms with Gasteiger partial charge in [-0.05, 0) is 18.2 Å². The second-order valence-corrected chi connectivity index (χ2v) is 4.83. The third kappa shape index (κ3) is 6.27. The average Bonchev–Trinajstić information content (AvgIpc) is 2.52. The minimum atomic E-state index is -0.745. The van der Waals surface area contributed by atoms with Crippen molar-refractivity contribution in [3.8, 4) is 40.1 Å². The fourth-order valence-electron chi connectivity index (χ4n) is 2.28. The van der Waals surface area contributed by atoms with Crippen molar-refractivity contribution in [2.75, 3.05) is 7.11 Å². The van der Waals surface area contributed by atoms with Crippen molar-refractivity contribution in [3.05, 3.63) is 40.6 Å². The first-order valence-corrected chi connectivity index (χ1v) is 6.51. The van der Waals surface area contributed by atoms with Crippen LogP contribution in [-0.4, -0.2) is 27.5 Å². The van der Waals surface area contributed by atoms with Gasteiger partial charge in [0.15, 0.2) is 17.3 Å². The van der Waals surface area contributed by atoms with Crippen molar-refractivity contribution < 1.29 is 160 Å². The third-order valence-corrected chi connectivity index (χ3v) is 3.38. The van der Waals surface area contributed by atoms with Gasteiger partial charge >= 0.3 is 0 Å². The quantitative estimate of drug-likeness (QED) is 0.309. The van der Waals surface area contributed by atoms with E-state index in [-0.39, 0.29) is 170 Å². The molecule has 3 aromatic rings. The van der Waals surface area contributed by atoms with E-state index >= 15 is 0 Å². The van der Waals surface area contributed by atoms with E-state index in [1.807, 2.05) is 0 Å². The summed E-state index contributed by atoms with van der Waals surface area (Å²) in [6.45, 7) is 0. The molecule has 0 aliphatic heterocycles. The summed E-state index contributed by atoms with van der Waals surface area (Å²) in [5.41, 5.74) is -0.558. The van der Waals surface area contributed by atoms with E-state index in [0.29, 0.717) is 0 Å². The van der Waals surface area contributed by atoms with Gasteiger partial charge in [-0.1, -0.05) is 0 Å². The second kappa shape index (κ2) is 12.7. The van der Waals surface area contributed by atoms with Crippen molar-refractivity contribution in [1.29, 1.82) is 0 Å². The zero-order chi connectivity index (χ0) is 16.7. The molecular formula is C16H12O7Y4. The number of hydrogen-bond donors (Lipinski definition) is 4. The van der Waals surface area contributed by atoms with Gasteiger partial charge in [0.2, 0.25) is 11.2 Å². The summed E-state index contributed by atoms with van der Waals surface area (Å²) in [7, 11) is 1.32. The van der Waals surface area contributed by atoms with Gasteiger partial charge in [-0.25, -0.2) is 0 Å². The molecule has 0 unspecified atom stereocenters. The van der Waals surface area contributed by atoms with Gasteiger partial charge in [-0.2, -0.15) is 0 Å². The topological polar surface area (TPSA) is 120 Å². The normalized spacial score (nSPS) is 9.22. The molecule has 0 aliphatic carbocycles. The molecular weight excluding hydrogens is 660 g/mol. The number of benzene rings is 2. The molecule has 0 saturated heterocycles. The van der Waals surface area contributed by atoms with E-state index in [1.165, 1.54) is 31.4 Å². The molecule has 0 amide bonds. The zero-order valence-corrected chi connectivity index (χ0v) is 25.6. The van der Waals surface area contributed by atoms with Crippen molar-refractivity contribution in [2.24, 2.45) is 0 Å². The molecule has 11 heteroatoms. The molecule has 0 spiro atoms. The van der Waals surface area contributed by atoms with Crippen LogP contribution in [0.3, 0.4) is 0 Å². The summed E-state index contributed by atoms with van der Waals surface area (Å²) in [5.74, 6) is -1.78. The van der Waals surface area contributed by atoms with Crippen LogP contribution in [0.4, 0.5) is 0 Å². The molecule has 130 valence electrons. The number of methoxy groups -OCH3 is 1. The predicted molar refractivity (Wildman–Crippen MR) is 81.1 cm³/mol. The van der Waals surface area contributed by atoms with Crippen LogP contribution in [-0.2, 0) is 131 Å². The van der Waals surface area contributed by atoms with Crippen LogP contribution in [0.25, 0.3) is 22.3 Å². The van der Waals surface area contributed by atoms with Gasteiger partial charge in [0, 0.05) is 149 Å². The minimum Gasteiger partial charge on any atom is -0.508 e. The molecule has 27 heavy (non-hydrogen) atoms. The summed E-state index contributed by atoms with van der Waals surface area (Å²) < 4.78 is 10.5. The van der Waals surface area contributed by atoms with Gasteiger partial charge in [0.1, 0.15) is 22.5 Å². The molecule has 4 N–H and O–H groups in total. The summed E-state index contributed by atoms with van der Waals surface area (Å²) in [4.78, 5) is 12.4. The van der Waals surface area contributed by atoms with Crippen LogP contribution in [0.1, 0.15) is 0 Å². The number of hydrogen-bond acceptors (Lipinski definition) is 7. The number of fused-ring (bicyclic) bond motifs is 1. The van der Waals surface area contributed by atoms with Crippen LogP contribution in [0.5, 0.6) is 28.7 Å². The summed E-state index contributed by atoms with van der Waals surface area (Å²) >= 11 is 0. The number of phenols is 3. The van der Waals surface area contributed by atoms with Crippen LogP contribution in [0, 0.1) is 0 Å². The zero-order valence-electron chi connectivity index (χ0n) is 14.2. The monoisotopic (exact) mass is 672 g/mol. The minimum absolute atomic E-state index is 0. The molecule has 0 atom stereocenters. The Morgan fingerprint density at radius 3 is 2.07 bits per heavy atom. The average molecular weight is 672 g/mol. The molecule has 0 saturated carbocycles. The summed E-state index contributed by atoms with van der Waals surface area (Å²) in [5, 5.41) is 38.7. The van der Waals surface area contributed by atoms with Crippen LogP contribution in [0.2, 0.25) is 0 Å². The van der Waals surface area contributed by atoms with Crippen LogP contribution < -0.4 is 10.2 Å². The second-order valence-electron chi connectivity index (χ2n) is 4.83.